The number of benzene rings is 2. The molecule has 2 heterocycles. The molecule has 4 aromatic rings. The molecule has 43 heavy (non-hydrogen) atoms. The van der Waals surface area contributed by atoms with E-state index >= 15 is 0 Å². The molecule has 3 N–H and O–H groups in total. The van der Waals surface area contributed by atoms with Crippen LogP contribution < -0.4 is 20.1 Å². The number of nitrogens with zero attached hydrogens (tertiary/aromatic N) is 4. The topological polar surface area (TPSA) is 157 Å². The van der Waals surface area contributed by atoms with Gasteiger partial charge in [0, 0.05) is 18.0 Å². The maximum atomic E-state index is 13.5. The second-order valence-electron chi connectivity index (χ2n) is 11.2. The summed E-state index contributed by atoms with van der Waals surface area (Å²) in [5.74, 6) is -0.690. The summed E-state index contributed by atoms with van der Waals surface area (Å²) < 4.78 is 33.5. The van der Waals surface area contributed by atoms with E-state index in [2.05, 4.69) is 30.7 Å². The number of ether oxygens (including phenoxy) is 1. The van der Waals surface area contributed by atoms with Gasteiger partial charge in [-0.15, -0.1) is 5.10 Å². The molecule has 0 bridgehead atoms. The summed E-state index contributed by atoms with van der Waals surface area (Å²) in [5, 5.41) is 13.9. The highest BCUT2D eigenvalue weighted by molar-refractivity contribution is 7.92. The van der Waals surface area contributed by atoms with E-state index in [1.807, 2.05) is 40.7 Å². The van der Waals surface area contributed by atoms with E-state index in [1.165, 1.54) is 18.0 Å². The van der Waals surface area contributed by atoms with Crippen molar-refractivity contribution in [2.45, 2.75) is 46.1 Å². The monoisotopic (exact) mass is 605 g/mol. The second-order valence-corrected chi connectivity index (χ2v) is 13.0. The first kappa shape index (κ1) is 31.2. The highest BCUT2D eigenvalue weighted by Crippen LogP contribution is 2.39. The minimum Gasteiger partial charge on any atom is -0.492 e. The van der Waals surface area contributed by atoms with E-state index in [0.29, 0.717) is 16.9 Å². The van der Waals surface area contributed by atoms with E-state index in [1.54, 1.807) is 48.8 Å². The number of rotatable bonds is 9. The molecule has 1 unspecified atom stereocenters. The number of carbonyl (C=O) groups is 2. The van der Waals surface area contributed by atoms with Crippen LogP contribution in [0.3, 0.4) is 0 Å². The Kier molecular flexibility index (Phi) is 8.85. The number of hydrogen-bond acceptors (Lipinski definition) is 8. The van der Waals surface area contributed by atoms with Crippen LogP contribution in [-0.4, -0.2) is 53.6 Å². The normalized spacial score (nSPS) is 12.3. The predicted octanol–water partition coefficient (Wildman–Crippen LogP) is 4.39. The number of amides is 2. The number of sulfonamides is 1. The van der Waals surface area contributed by atoms with Crippen molar-refractivity contribution in [3.05, 3.63) is 89.0 Å². The lowest BCUT2D eigenvalue weighted by molar-refractivity contribution is 0.0934. The van der Waals surface area contributed by atoms with E-state index in [4.69, 9.17) is 4.74 Å². The van der Waals surface area contributed by atoms with Gasteiger partial charge in [-0.1, -0.05) is 38.1 Å². The first-order chi connectivity index (χ1) is 20.2. The van der Waals surface area contributed by atoms with Gasteiger partial charge in [0.05, 0.1) is 42.7 Å². The van der Waals surface area contributed by atoms with Crippen LogP contribution >= 0.6 is 0 Å². The van der Waals surface area contributed by atoms with Crippen LogP contribution in [-0.2, 0) is 15.4 Å². The molecule has 0 aliphatic rings. The molecular weight excluding hydrogens is 570 g/mol. The predicted molar refractivity (Wildman–Crippen MR) is 164 cm³/mol. The Morgan fingerprint density at radius 1 is 1.05 bits per heavy atom. The lowest BCUT2D eigenvalue weighted by Gasteiger charge is -2.24. The SMILES string of the molecule is COc1c(NC(=O)c2ccc(C)c(-n3cc(C(=O)NC(C)c4cccnc4)nn3)c2)cc(C(C)(C)C)cc1NS(C)(=O)=O. The molecule has 226 valence electrons. The van der Waals surface area contributed by atoms with Crippen molar-refractivity contribution in [2.24, 2.45) is 0 Å². The minimum absolute atomic E-state index is 0.111. The van der Waals surface area contributed by atoms with Gasteiger partial charge in [0.2, 0.25) is 10.0 Å². The van der Waals surface area contributed by atoms with Gasteiger partial charge in [0.25, 0.3) is 11.8 Å². The maximum Gasteiger partial charge on any atom is 0.273 e. The van der Waals surface area contributed by atoms with Crippen molar-refractivity contribution in [2.75, 3.05) is 23.4 Å². The Morgan fingerprint density at radius 3 is 2.40 bits per heavy atom. The maximum absolute atomic E-state index is 13.5. The van der Waals surface area contributed by atoms with Gasteiger partial charge in [-0.25, -0.2) is 13.1 Å². The Balaban J connectivity index is 1.61. The molecule has 2 amide bonds. The number of pyridine rings is 1. The zero-order valence-electron chi connectivity index (χ0n) is 25.1. The molecule has 0 saturated heterocycles. The first-order valence-corrected chi connectivity index (χ1v) is 15.3. The number of methoxy groups -OCH3 is 1. The average molecular weight is 606 g/mol. The Bertz CT molecular complexity index is 1760. The summed E-state index contributed by atoms with van der Waals surface area (Å²) in [6, 6.07) is 11.9. The molecule has 13 heteroatoms. The standard InChI is InChI=1S/C30H35N7O5S/c1-18-10-11-20(13-26(18)37-17-25(34-36-37)29(39)32-19(2)21-9-8-12-31-16-21)28(38)33-23-14-22(30(3,4)5)15-24(27(23)42-6)35-43(7,40)41/h8-17,19,35H,1-7H3,(H,32,39)(H,33,38). The average Bonchev–Trinajstić information content (AvgIpc) is 3.42. The summed E-state index contributed by atoms with van der Waals surface area (Å²) in [7, 11) is -2.23. The lowest BCUT2D eigenvalue weighted by Crippen LogP contribution is -2.27. The molecule has 2 aromatic heterocycles. The number of nitrogens with one attached hydrogen (secondary N) is 3. The number of hydrogen-bond donors (Lipinski definition) is 3. The zero-order valence-corrected chi connectivity index (χ0v) is 25.9. The van der Waals surface area contributed by atoms with Crippen molar-refractivity contribution >= 4 is 33.2 Å². The van der Waals surface area contributed by atoms with Gasteiger partial charge in [0.15, 0.2) is 11.4 Å². The third-order valence-corrected chi connectivity index (χ3v) is 7.27. The number of aryl methyl sites for hydroxylation is 1. The highest BCUT2D eigenvalue weighted by Gasteiger charge is 2.23. The number of carbonyl (C=O) groups excluding carboxylic acids is 2. The van der Waals surface area contributed by atoms with Gasteiger partial charge in [-0.3, -0.25) is 19.3 Å². The third kappa shape index (κ3) is 7.55. The van der Waals surface area contributed by atoms with E-state index in [-0.39, 0.29) is 28.6 Å². The number of aromatic nitrogens is 4. The summed E-state index contributed by atoms with van der Waals surface area (Å²) in [6.07, 6.45) is 5.88. The summed E-state index contributed by atoms with van der Waals surface area (Å²) >= 11 is 0. The van der Waals surface area contributed by atoms with Gasteiger partial charge in [0.1, 0.15) is 0 Å². The quantitative estimate of drug-likeness (QED) is 0.254. The number of anilines is 2. The molecule has 4 rings (SSSR count). The Morgan fingerprint density at radius 2 is 1.77 bits per heavy atom. The highest BCUT2D eigenvalue weighted by atomic mass is 32.2. The van der Waals surface area contributed by atoms with E-state index in [9.17, 15) is 18.0 Å². The molecular formula is C30H35N7O5S. The first-order valence-electron chi connectivity index (χ1n) is 13.4. The second kappa shape index (κ2) is 12.2. The summed E-state index contributed by atoms with van der Waals surface area (Å²) in [4.78, 5) is 30.4. The van der Waals surface area contributed by atoms with Crippen LogP contribution in [0.15, 0.2) is 61.1 Å². The fourth-order valence-corrected chi connectivity index (χ4v) is 4.86. The molecule has 12 nitrogen and oxygen atoms in total. The van der Waals surface area contributed by atoms with Crippen molar-refractivity contribution in [3.63, 3.8) is 0 Å². The smallest absolute Gasteiger partial charge is 0.273 e. The lowest BCUT2D eigenvalue weighted by atomic mass is 9.86. The van der Waals surface area contributed by atoms with E-state index < -0.39 is 21.8 Å². The van der Waals surface area contributed by atoms with Crippen LogP contribution in [0, 0.1) is 6.92 Å². The zero-order chi connectivity index (χ0) is 31.5. The van der Waals surface area contributed by atoms with Crippen LogP contribution in [0.1, 0.15) is 71.3 Å². The fourth-order valence-electron chi connectivity index (χ4n) is 4.31. The molecule has 0 aliphatic heterocycles. The van der Waals surface area contributed by atoms with Gasteiger partial charge in [-0.2, -0.15) is 0 Å². The Hall–Kier alpha value is -4.78. The van der Waals surface area contributed by atoms with E-state index in [0.717, 1.165) is 22.9 Å². The molecule has 0 radical (unpaired) electrons. The molecule has 0 saturated carbocycles. The molecule has 0 fully saturated rings. The molecule has 2 aromatic carbocycles. The fraction of sp³-hybridized carbons (Fsp3) is 0.300. The molecule has 0 spiro atoms. The van der Waals surface area contributed by atoms with Crippen LogP contribution in [0.5, 0.6) is 5.75 Å². The molecule has 0 aliphatic carbocycles. The largest absolute Gasteiger partial charge is 0.492 e. The minimum atomic E-state index is -3.63. The van der Waals surface area contributed by atoms with Gasteiger partial charge >= 0.3 is 0 Å². The van der Waals surface area contributed by atoms with Crippen molar-refractivity contribution in [1.82, 2.24) is 25.3 Å². The van der Waals surface area contributed by atoms with Crippen LogP contribution in [0.2, 0.25) is 0 Å². The van der Waals surface area contributed by atoms with Gasteiger partial charge < -0.3 is 15.4 Å². The molecule has 1 atom stereocenters. The third-order valence-electron chi connectivity index (χ3n) is 6.68. The van der Waals surface area contributed by atoms with Crippen molar-refractivity contribution in [1.29, 1.82) is 0 Å². The summed E-state index contributed by atoms with van der Waals surface area (Å²) in [5.41, 5.74) is 3.54. The van der Waals surface area contributed by atoms with Crippen molar-refractivity contribution < 1.29 is 22.7 Å². The van der Waals surface area contributed by atoms with Gasteiger partial charge in [-0.05, 0) is 66.3 Å². The summed E-state index contributed by atoms with van der Waals surface area (Å²) in [6.45, 7) is 9.62. The van der Waals surface area contributed by atoms with Crippen LogP contribution in [0.4, 0.5) is 11.4 Å². The van der Waals surface area contributed by atoms with Crippen molar-refractivity contribution in [3.8, 4) is 11.4 Å². The Labute approximate surface area is 250 Å². The van der Waals surface area contributed by atoms with Crippen LogP contribution in [0.25, 0.3) is 5.69 Å².